The molecule has 0 radical (unpaired) electrons. The molecule has 0 amide bonds. The highest BCUT2D eigenvalue weighted by molar-refractivity contribution is 5.84. The Balaban J connectivity index is 0.000000815. The van der Waals surface area contributed by atoms with Gasteiger partial charge in [-0.1, -0.05) is 94.8 Å². The van der Waals surface area contributed by atoms with Gasteiger partial charge in [0.25, 0.3) is 0 Å². The van der Waals surface area contributed by atoms with Crippen LogP contribution in [0.25, 0.3) is 5.57 Å². The van der Waals surface area contributed by atoms with E-state index in [0.717, 1.165) is 67.7 Å². The molecule has 1 saturated heterocycles. The van der Waals surface area contributed by atoms with Gasteiger partial charge in [0.2, 0.25) is 0 Å². The van der Waals surface area contributed by atoms with Crippen LogP contribution in [0.4, 0.5) is 4.39 Å². The highest BCUT2D eigenvalue weighted by atomic mass is 19.1. The van der Waals surface area contributed by atoms with E-state index in [2.05, 4.69) is 57.5 Å². The minimum absolute atomic E-state index is 0.192. The molecule has 0 bridgehead atoms. The van der Waals surface area contributed by atoms with Crippen LogP contribution < -0.4 is 5.32 Å². The highest BCUT2D eigenvalue weighted by Crippen LogP contribution is 2.33. The number of nitrogens with one attached hydrogen (secondary N) is 1. The van der Waals surface area contributed by atoms with Gasteiger partial charge >= 0.3 is 0 Å². The highest BCUT2D eigenvalue weighted by Gasteiger charge is 2.19. The second-order valence-corrected chi connectivity index (χ2v) is 9.28. The first kappa shape index (κ1) is 36.6. The topological polar surface area (TPSA) is 39.1 Å². The van der Waals surface area contributed by atoms with Crippen molar-refractivity contribution in [3.05, 3.63) is 113 Å². The molecule has 3 nitrogen and oxygen atoms in total. The van der Waals surface area contributed by atoms with Gasteiger partial charge < -0.3 is 10.2 Å². The summed E-state index contributed by atoms with van der Waals surface area (Å²) in [6.45, 7) is 24.1. The summed E-state index contributed by atoms with van der Waals surface area (Å²) >= 11 is 0. The second kappa shape index (κ2) is 22.4. The van der Waals surface area contributed by atoms with Crippen LogP contribution in [-0.4, -0.2) is 31.1 Å². The molecule has 40 heavy (non-hydrogen) atoms. The van der Waals surface area contributed by atoms with Crippen LogP contribution in [0.5, 0.6) is 0 Å². The molecule has 0 aromatic heterocycles. The predicted molar refractivity (Wildman–Crippen MR) is 174 cm³/mol. The standard InChI is InChI=1S/C21H27FN2.C13H19N.C2H6/c1-5-9-16(3)21(17(4)24-14-12-23-13-15-24)18(6-2)19-10-7-8-11-20(19)22;1-4-6-7-9-13(11-14)10-12(3)8-5-2;1-2/h5-11,23H,1,12-15H2,2-4H3;6-7,9-10H,4-5,8H2,1-3H3;1-2H3/b16-9-,18-6-,21-17-;7-6+,12-10+,13-9+;. The van der Waals surface area contributed by atoms with Crippen LogP contribution in [0, 0.1) is 17.1 Å². The number of rotatable bonds is 10. The number of allylic oxidation sites excluding steroid dienone is 13. The molecule has 1 fully saturated rings. The van der Waals surface area contributed by atoms with E-state index in [1.807, 2.05) is 69.4 Å². The van der Waals surface area contributed by atoms with E-state index in [-0.39, 0.29) is 5.82 Å². The van der Waals surface area contributed by atoms with Gasteiger partial charge in [-0.15, -0.1) is 0 Å². The Bertz CT molecular complexity index is 1120. The zero-order chi connectivity index (χ0) is 30.3. The molecule has 4 heteroatoms. The Kier molecular flexibility index (Phi) is 20.5. The number of halogens is 1. The van der Waals surface area contributed by atoms with Crippen LogP contribution in [0.3, 0.4) is 0 Å². The van der Waals surface area contributed by atoms with Gasteiger partial charge in [0, 0.05) is 43.0 Å². The fourth-order valence-corrected chi connectivity index (χ4v) is 4.38. The van der Waals surface area contributed by atoms with E-state index in [1.54, 1.807) is 12.1 Å². The molecule has 0 aliphatic carbocycles. The molecule has 2 rings (SSSR count). The van der Waals surface area contributed by atoms with Gasteiger partial charge in [0.1, 0.15) is 5.82 Å². The molecule has 218 valence electrons. The van der Waals surface area contributed by atoms with E-state index < -0.39 is 0 Å². The summed E-state index contributed by atoms with van der Waals surface area (Å²) in [7, 11) is 0. The van der Waals surface area contributed by atoms with Crippen molar-refractivity contribution in [3.63, 3.8) is 0 Å². The molecule has 0 saturated carbocycles. The van der Waals surface area contributed by atoms with E-state index in [1.165, 1.54) is 17.3 Å². The lowest BCUT2D eigenvalue weighted by Crippen LogP contribution is -2.42. The smallest absolute Gasteiger partial charge is 0.131 e. The first-order valence-corrected chi connectivity index (χ1v) is 14.7. The Labute approximate surface area is 244 Å². The van der Waals surface area contributed by atoms with Gasteiger partial charge in [0.05, 0.1) is 11.6 Å². The van der Waals surface area contributed by atoms with Crippen molar-refractivity contribution < 1.29 is 4.39 Å². The molecule has 1 N–H and O–H groups in total. The molecule has 1 aromatic rings. The minimum Gasteiger partial charge on any atom is -0.372 e. The van der Waals surface area contributed by atoms with E-state index >= 15 is 0 Å². The average Bonchev–Trinajstić information content (AvgIpc) is 2.97. The number of hydrogen-bond donors (Lipinski definition) is 1. The molecular weight excluding hydrogens is 493 g/mol. The third-order valence-electron chi connectivity index (χ3n) is 6.26. The zero-order valence-corrected chi connectivity index (χ0v) is 26.3. The number of benzene rings is 1. The normalized spacial score (nSPS) is 15.3. The van der Waals surface area contributed by atoms with Crippen molar-refractivity contribution in [2.24, 2.45) is 0 Å². The summed E-state index contributed by atoms with van der Waals surface area (Å²) in [6.07, 6.45) is 16.8. The minimum atomic E-state index is -0.192. The number of nitrogens with zero attached hydrogens (tertiary/aromatic N) is 2. The van der Waals surface area contributed by atoms with Crippen molar-refractivity contribution in [1.29, 1.82) is 5.26 Å². The summed E-state index contributed by atoms with van der Waals surface area (Å²) in [5.74, 6) is -0.192. The molecule has 1 aliphatic rings. The van der Waals surface area contributed by atoms with Gasteiger partial charge in [-0.05, 0) is 69.9 Å². The Morgan fingerprint density at radius 3 is 2.27 bits per heavy atom. The summed E-state index contributed by atoms with van der Waals surface area (Å²) < 4.78 is 14.4. The van der Waals surface area contributed by atoms with Gasteiger partial charge in [-0.25, -0.2) is 4.39 Å². The maximum Gasteiger partial charge on any atom is 0.131 e. The van der Waals surface area contributed by atoms with Gasteiger partial charge in [-0.3, -0.25) is 0 Å². The molecule has 1 heterocycles. The number of nitriles is 1. The molecular formula is C36H52FN3. The third-order valence-corrected chi connectivity index (χ3v) is 6.26. The monoisotopic (exact) mass is 545 g/mol. The number of piperazine rings is 1. The predicted octanol–water partition coefficient (Wildman–Crippen LogP) is 9.72. The van der Waals surface area contributed by atoms with Crippen LogP contribution in [0.1, 0.15) is 80.2 Å². The van der Waals surface area contributed by atoms with Crippen LogP contribution >= 0.6 is 0 Å². The largest absolute Gasteiger partial charge is 0.372 e. The molecule has 1 aromatic carbocycles. The van der Waals surface area contributed by atoms with Gasteiger partial charge in [-0.2, -0.15) is 5.26 Å². The van der Waals surface area contributed by atoms with Gasteiger partial charge in [0.15, 0.2) is 0 Å². The quantitative estimate of drug-likeness (QED) is 0.235. The molecule has 0 spiro atoms. The summed E-state index contributed by atoms with van der Waals surface area (Å²) in [5.41, 5.74) is 6.94. The van der Waals surface area contributed by atoms with Crippen molar-refractivity contribution in [1.82, 2.24) is 10.2 Å². The summed E-state index contributed by atoms with van der Waals surface area (Å²) in [5, 5.41) is 12.2. The van der Waals surface area contributed by atoms with Crippen LogP contribution in [0.2, 0.25) is 0 Å². The van der Waals surface area contributed by atoms with Crippen molar-refractivity contribution in [3.8, 4) is 6.07 Å². The lowest BCUT2D eigenvalue weighted by atomic mass is 9.90. The fraction of sp³-hybridized carbons (Fsp3) is 0.417. The zero-order valence-electron chi connectivity index (χ0n) is 26.3. The first-order valence-electron chi connectivity index (χ1n) is 14.7. The van der Waals surface area contributed by atoms with Crippen molar-refractivity contribution in [2.75, 3.05) is 26.2 Å². The maximum atomic E-state index is 14.4. The molecule has 0 unspecified atom stereocenters. The second-order valence-electron chi connectivity index (χ2n) is 9.28. The third kappa shape index (κ3) is 13.1. The Morgan fingerprint density at radius 2 is 1.75 bits per heavy atom. The van der Waals surface area contributed by atoms with E-state index in [4.69, 9.17) is 5.26 Å². The van der Waals surface area contributed by atoms with Crippen molar-refractivity contribution >= 4 is 5.57 Å². The summed E-state index contributed by atoms with van der Waals surface area (Å²) in [4.78, 5) is 2.37. The Morgan fingerprint density at radius 1 is 1.10 bits per heavy atom. The first-order chi connectivity index (χ1) is 19.3. The lowest BCUT2D eigenvalue weighted by Gasteiger charge is -2.32. The van der Waals surface area contributed by atoms with Crippen LogP contribution in [0.15, 0.2) is 101 Å². The maximum absolute atomic E-state index is 14.4. The lowest BCUT2D eigenvalue weighted by molar-refractivity contribution is 0.298. The fourth-order valence-electron chi connectivity index (χ4n) is 4.38. The summed E-state index contributed by atoms with van der Waals surface area (Å²) in [6, 6.07) is 9.15. The average molecular weight is 546 g/mol. The number of hydrogen-bond acceptors (Lipinski definition) is 3. The molecule has 1 aliphatic heterocycles. The SMILES string of the molecule is C=C\C=C(C)/C(=C(\C)N1CCNCC1)C(=C\C)/c1ccccc1F.CC.CC/C=C/C=C(C#N)\C=C(/C)CCC. The van der Waals surface area contributed by atoms with Crippen molar-refractivity contribution in [2.45, 2.75) is 74.7 Å². The van der Waals surface area contributed by atoms with E-state index in [9.17, 15) is 4.39 Å². The van der Waals surface area contributed by atoms with Crippen LogP contribution in [-0.2, 0) is 0 Å². The molecule has 0 atom stereocenters. The Hall–Kier alpha value is -3.42. The van der Waals surface area contributed by atoms with E-state index in [0.29, 0.717) is 5.56 Å².